The SMILES string of the molecule is O=C=Nc1ccc(C(=O)O)cc1C(=O)O. The minimum Gasteiger partial charge on any atom is -0.478 e. The fourth-order valence-electron chi connectivity index (χ4n) is 0.987. The summed E-state index contributed by atoms with van der Waals surface area (Å²) in [5.41, 5.74) is -0.655. The molecule has 0 bridgehead atoms. The van der Waals surface area contributed by atoms with Gasteiger partial charge in [-0.05, 0) is 18.2 Å². The van der Waals surface area contributed by atoms with Crippen molar-refractivity contribution in [2.24, 2.45) is 4.99 Å². The number of hydrogen-bond acceptors (Lipinski definition) is 4. The van der Waals surface area contributed by atoms with E-state index in [2.05, 4.69) is 4.99 Å². The molecule has 0 aliphatic rings. The van der Waals surface area contributed by atoms with Gasteiger partial charge in [0.05, 0.1) is 16.8 Å². The summed E-state index contributed by atoms with van der Waals surface area (Å²) >= 11 is 0. The lowest BCUT2D eigenvalue weighted by atomic mass is 10.1. The van der Waals surface area contributed by atoms with E-state index in [4.69, 9.17) is 10.2 Å². The lowest BCUT2D eigenvalue weighted by Gasteiger charge is -2.00. The molecule has 0 saturated heterocycles. The van der Waals surface area contributed by atoms with Crippen LogP contribution < -0.4 is 0 Å². The van der Waals surface area contributed by atoms with Gasteiger partial charge >= 0.3 is 11.9 Å². The van der Waals surface area contributed by atoms with Crippen molar-refractivity contribution in [3.05, 3.63) is 29.3 Å². The highest BCUT2D eigenvalue weighted by Crippen LogP contribution is 2.20. The first-order valence-corrected chi connectivity index (χ1v) is 3.74. The van der Waals surface area contributed by atoms with Gasteiger partial charge in [-0.3, -0.25) is 0 Å². The maximum Gasteiger partial charge on any atom is 0.337 e. The fraction of sp³-hybridized carbons (Fsp3) is 0. The van der Waals surface area contributed by atoms with Crippen molar-refractivity contribution in [1.29, 1.82) is 0 Å². The summed E-state index contributed by atoms with van der Waals surface area (Å²) in [7, 11) is 0. The van der Waals surface area contributed by atoms with Crippen LogP contribution in [0, 0.1) is 0 Å². The molecule has 0 radical (unpaired) electrons. The number of carboxylic acids is 2. The van der Waals surface area contributed by atoms with Crippen molar-refractivity contribution in [2.45, 2.75) is 0 Å². The van der Waals surface area contributed by atoms with Crippen molar-refractivity contribution in [3.63, 3.8) is 0 Å². The zero-order chi connectivity index (χ0) is 11.4. The van der Waals surface area contributed by atoms with E-state index in [9.17, 15) is 14.4 Å². The van der Waals surface area contributed by atoms with Crippen LogP contribution in [0.2, 0.25) is 0 Å². The Hall–Kier alpha value is -2.46. The van der Waals surface area contributed by atoms with Gasteiger partial charge in [-0.2, -0.15) is 4.99 Å². The molecule has 1 aromatic rings. The van der Waals surface area contributed by atoms with Crippen LogP contribution in [0.15, 0.2) is 23.2 Å². The molecule has 0 fully saturated rings. The van der Waals surface area contributed by atoms with Crippen molar-refractivity contribution in [1.82, 2.24) is 0 Å². The van der Waals surface area contributed by atoms with E-state index in [0.717, 1.165) is 18.2 Å². The number of benzene rings is 1. The van der Waals surface area contributed by atoms with Gasteiger partial charge in [-0.1, -0.05) is 0 Å². The molecule has 0 aromatic heterocycles. The lowest BCUT2D eigenvalue weighted by Crippen LogP contribution is -2.02. The Bertz CT molecular complexity index is 473. The number of nitrogens with zero attached hydrogens (tertiary/aromatic N) is 1. The maximum absolute atomic E-state index is 10.7. The van der Waals surface area contributed by atoms with E-state index in [1.807, 2.05) is 0 Å². The zero-order valence-electron chi connectivity index (χ0n) is 7.30. The highest BCUT2D eigenvalue weighted by molar-refractivity contribution is 5.97. The third kappa shape index (κ3) is 2.26. The smallest absolute Gasteiger partial charge is 0.337 e. The average molecular weight is 207 g/mol. The normalized spacial score (nSPS) is 9.07. The largest absolute Gasteiger partial charge is 0.478 e. The topological polar surface area (TPSA) is 104 Å². The summed E-state index contributed by atoms with van der Waals surface area (Å²) < 4.78 is 0. The van der Waals surface area contributed by atoms with Crippen LogP contribution in [0.25, 0.3) is 0 Å². The average Bonchev–Trinajstić information content (AvgIpc) is 2.18. The number of hydrogen-bond donors (Lipinski definition) is 2. The van der Waals surface area contributed by atoms with E-state index in [0.29, 0.717) is 0 Å². The highest BCUT2D eigenvalue weighted by Gasteiger charge is 2.13. The number of isocyanates is 1. The van der Waals surface area contributed by atoms with E-state index in [1.54, 1.807) is 0 Å². The van der Waals surface area contributed by atoms with Crippen LogP contribution in [0.4, 0.5) is 5.69 Å². The first kappa shape index (κ1) is 10.6. The molecule has 1 aromatic carbocycles. The van der Waals surface area contributed by atoms with Gasteiger partial charge in [0.25, 0.3) is 0 Å². The second-order valence-corrected chi connectivity index (χ2v) is 2.55. The summed E-state index contributed by atoms with van der Waals surface area (Å²) in [4.78, 5) is 34.3. The van der Waals surface area contributed by atoms with E-state index < -0.39 is 11.9 Å². The predicted molar refractivity (Wildman–Crippen MR) is 48.1 cm³/mol. The Labute approximate surface area is 83.5 Å². The number of rotatable bonds is 3. The molecule has 0 amide bonds. The van der Waals surface area contributed by atoms with Crippen molar-refractivity contribution in [3.8, 4) is 0 Å². The van der Waals surface area contributed by atoms with E-state index in [1.165, 1.54) is 6.08 Å². The molecule has 0 unspecified atom stereocenters. The van der Waals surface area contributed by atoms with Gasteiger partial charge in [0, 0.05) is 0 Å². The van der Waals surface area contributed by atoms with Crippen LogP contribution >= 0.6 is 0 Å². The summed E-state index contributed by atoms with van der Waals surface area (Å²) in [5, 5.41) is 17.3. The van der Waals surface area contributed by atoms with Crippen LogP contribution in [0.3, 0.4) is 0 Å². The molecule has 0 aliphatic heterocycles. The van der Waals surface area contributed by atoms with Gasteiger partial charge in [0.15, 0.2) is 0 Å². The third-order valence-electron chi connectivity index (χ3n) is 1.64. The minimum atomic E-state index is -1.35. The molecule has 0 spiro atoms. The molecule has 0 saturated carbocycles. The Morgan fingerprint density at radius 2 is 1.87 bits per heavy atom. The monoisotopic (exact) mass is 207 g/mol. The molecule has 0 heterocycles. The van der Waals surface area contributed by atoms with Crippen molar-refractivity contribution >= 4 is 23.7 Å². The molecule has 6 nitrogen and oxygen atoms in total. The molecular weight excluding hydrogens is 202 g/mol. The first-order valence-electron chi connectivity index (χ1n) is 3.74. The Balaban J connectivity index is 3.39. The van der Waals surface area contributed by atoms with E-state index in [-0.39, 0.29) is 16.8 Å². The van der Waals surface area contributed by atoms with Gasteiger partial charge in [0.1, 0.15) is 0 Å². The molecule has 2 N–H and O–H groups in total. The molecule has 76 valence electrons. The molecule has 1 rings (SSSR count). The number of aliphatic imine (C=N–C) groups is 1. The molecule has 6 heteroatoms. The number of carbonyl (C=O) groups is 2. The van der Waals surface area contributed by atoms with Crippen LogP contribution in [-0.2, 0) is 4.79 Å². The first-order chi connectivity index (χ1) is 7.06. The lowest BCUT2D eigenvalue weighted by molar-refractivity contribution is 0.0696. The summed E-state index contributed by atoms with van der Waals surface area (Å²) in [6.07, 6.45) is 1.19. The van der Waals surface area contributed by atoms with Gasteiger partial charge in [-0.15, -0.1) is 0 Å². The number of aromatic carboxylic acids is 2. The third-order valence-corrected chi connectivity index (χ3v) is 1.64. The second-order valence-electron chi connectivity index (χ2n) is 2.55. The number of carbonyl (C=O) groups excluding carboxylic acids is 1. The summed E-state index contributed by atoms with van der Waals surface area (Å²) in [6.45, 7) is 0. The van der Waals surface area contributed by atoms with Crippen molar-refractivity contribution in [2.75, 3.05) is 0 Å². The standard InChI is InChI=1S/C9H5NO5/c11-4-10-7-2-1-5(8(12)13)3-6(7)9(14)15/h1-3H,(H,12,13)(H,14,15). The Morgan fingerprint density at radius 1 is 1.20 bits per heavy atom. The summed E-state index contributed by atoms with van der Waals surface area (Å²) in [6, 6.07) is 3.23. The van der Waals surface area contributed by atoms with Crippen molar-refractivity contribution < 1.29 is 24.6 Å². The fourth-order valence-corrected chi connectivity index (χ4v) is 0.987. The van der Waals surface area contributed by atoms with Crippen LogP contribution in [0.5, 0.6) is 0 Å². The molecule has 0 atom stereocenters. The predicted octanol–water partition coefficient (Wildman–Crippen LogP) is 1.05. The second kappa shape index (κ2) is 4.17. The highest BCUT2D eigenvalue weighted by atomic mass is 16.4. The molecule has 0 aliphatic carbocycles. The number of carboxylic acid groups (broad SMARTS) is 2. The molecular formula is C9H5NO5. The van der Waals surface area contributed by atoms with Gasteiger partial charge in [-0.25, -0.2) is 14.4 Å². The maximum atomic E-state index is 10.7. The van der Waals surface area contributed by atoms with E-state index >= 15 is 0 Å². The van der Waals surface area contributed by atoms with Crippen LogP contribution in [-0.4, -0.2) is 28.2 Å². The zero-order valence-corrected chi connectivity index (χ0v) is 7.30. The van der Waals surface area contributed by atoms with Crippen LogP contribution in [0.1, 0.15) is 20.7 Å². The minimum absolute atomic E-state index is 0.123. The Morgan fingerprint density at radius 3 is 2.33 bits per heavy atom. The summed E-state index contributed by atoms with van der Waals surface area (Å²) in [5.74, 6) is -2.61. The van der Waals surface area contributed by atoms with Gasteiger partial charge < -0.3 is 10.2 Å². The van der Waals surface area contributed by atoms with Gasteiger partial charge in [0.2, 0.25) is 6.08 Å². The molecule has 15 heavy (non-hydrogen) atoms. The Kier molecular flexibility index (Phi) is 2.95. The quantitative estimate of drug-likeness (QED) is 0.569.